The number of benzene rings is 1. The monoisotopic (exact) mass is 492 g/mol. The Morgan fingerprint density at radius 2 is 0.867 bits per heavy atom. The molecule has 0 N–H and O–H groups in total. The molecule has 0 unspecified atom stereocenters. The van der Waals surface area contributed by atoms with Crippen molar-refractivity contribution in [3.05, 3.63) is 24.3 Å². The summed E-state index contributed by atoms with van der Waals surface area (Å²) in [4.78, 5) is 5.10. The molecule has 0 saturated carbocycles. The zero-order valence-electron chi connectivity index (χ0n) is 21.4. The van der Waals surface area contributed by atoms with Crippen LogP contribution in [-0.4, -0.2) is 40.7 Å². The van der Waals surface area contributed by atoms with E-state index in [1.54, 1.807) is 0 Å². The summed E-state index contributed by atoms with van der Waals surface area (Å²) in [6, 6.07) is 8.99. The summed E-state index contributed by atoms with van der Waals surface area (Å²) in [5.41, 5.74) is 2.76. The van der Waals surface area contributed by atoms with Crippen molar-refractivity contribution in [2.24, 2.45) is 0 Å². The van der Waals surface area contributed by atoms with Crippen molar-refractivity contribution in [2.75, 3.05) is 22.2 Å². The molecule has 0 spiro atoms. The maximum absolute atomic E-state index is 2.55. The fourth-order valence-corrected chi connectivity index (χ4v) is 11.4. The van der Waals surface area contributed by atoms with Crippen LogP contribution in [0.1, 0.15) is 83.1 Å². The molecule has 0 aromatic heterocycles. The van der Waals surface area contributed by atoms with E-state index >= 15 is 0 Å². The van der Waals surface area contributed by atoms with Crippen molar-refractivity contribution >= 4 is 34.8 Å². The molecule has 30 heavy (non-hydrogen) atoms. The molecule has 0 amide bonds. The Labute approximate surface area is 201 Å². The Morgan fingerprint density at radius 1 is 0.600 bits per heavy atom. The SMILES string of the molecule is CC(C)(C)P(CN1[B]N(CP(C(C)(C)C)C(C)(C)C)c2ccccc21)C(C)(C)C.[NiH]. The van der Waals surface area contributed by atoms with Gasteiger partial charge in [-0.25, -0.2) is 0 Å². The third-order valence-electron chi connectivity index (χ3n) is 5.61. The molecule has 1 heterocycles. The van der Waals surface area contributed by atoms with E-state index in [0.717, 1.165) is 12.6 Å². The van der Waals surface area contributed by atoms with Gasteiger partial charge in [0.2, 0.25) is 0 Å². The first kappa shape index (κ1) is 28.3. The second kappa shape index (κ2) is 9.62. The van der Waals surface area contributed by atoms with Crippen molar-refractivity contribution < 1.29 is 16.5 Å². The molecule has 0 saturated heterocycles. The van der Waals surface area contributed by atoms with E-state index in [-0.39, 0.29) is 32.3 Å². The number of nitrogens with zero attached hydrogens (tertiary/aromatic N) is 2. The van der Waals surface area contributed by atoms with Gasteiger partial charge in [0, 0.05) is 23.9 Å². The molecule has 0 aliphatic carbocycles. The number of rotatable bonds is 4. The minimum atomic E-state index is -0.189. The Kier molecular flexibility index (Phi) is 9.06. The summed E-state index contributed by atoms with van der Waals surface area (Å²) in [6.45, 7) is 29.0. The van der Waals surface area contributed by atoms with Gasteiger partial charge in [0.1, 0.15) is 0 Å². The van der Waals surface area contributed by atoms with Crippen LogP contribution in [0.5, 0.6) is 0 Å². The molecule has 2 rings (SSSR count). The van der Waals surface area contributed by atoms with Crippen LogP contribution in [-0.2, 0) is 16.5 Å². The van der Waals surface area contributed by atoms with E-state index in [4.69, 9.17) is 0 Å². The Hall–Kier alpha value is 0.238. The molecular formula is C24H45BN2NiP2. The summed E-state index contributed by atoms with van der Waals surface area (Å²) in [5, 5.41) is 1.31. The number of hydrogen-bond acceptors (Lipinski definition) is 2. The number of fused-ring (bicyclic) bond motifs is 1. The van der Waals surface area contributed by atoms with Gasteiger partial charge in [-0.2, -0.15) is 0 Å². The molecule has 0 atom stereocenters. The molecule has 1 aromatic rings. The van der Waals surface area contributed by atoms with Crippen molar-refractivity contribution in [3.8, 4) is 0 Å². The molecule has 1 radical (unpaired) electrons. The molecule has 174 valence electrons. The van der Waals surface area contributed by atoms with E-state index in [1.807, 2.05) is 0 Å². The van der Waals surface area contributed by atoms with Gasteiger partial charge < -0.3 is 9.62 Å². The first-order valence-electron chi connectivity index (χ1n) is 11.0. The third-order valence-corrected chi connectivity index (χ3v) is 13.3. The maximum atomic E-state index is 2.55. The average molecular weight is 493 g/mol. The molecule has 0 fully saturated rings. The summed E-state index contributed by atoms with van der Waals surface area (Å²) >= 11 is 0. The van der Waals surface area contributed by atoms with Crippen molar-refractivity contribution in [3.63, 3.8) is 0 Å². The first-order valence-corrected chi connectivity index (χ1v) is 14.0. The van der Waals surface area contributed by atoms with E-state index in [9.17, 15) is 0 Å². The van der Waals surface area contributed by atoms with Crippen LogP contribution in [0.15, 0.2) is 24.3 Å². The van der Waals surface area contributed by atoms with Gasteiger partial charge in [-0.3, -0.25) is 0 Å². The topological polar surface area (TPSA) is 6.48 Å². The number of anilines is 2. The van der Waals surface area contributed by atoms with Crippen molar-refractivity contribution in [2.45, 2.75) is 104 Å². The minimum absolute atomic E-state index is 0. The normalized spacial score (nSPS) is 15.4. The van der Waals surface area contributed by atoms with Crippen LogP contribution in [0.3, 0.4) is 0 Å². The number of para-hydroxylation sites is 2. The van der Waals surface area contributed by atoms with Gasteiger partial charge >= 0.3 is 24.0 Å². The third kappa shape index (κ3) is 6.87. The van der Waals surface area contributed by atoms with Gasteiger partial charge in [-0.1, -0.05) is 111 Å². The van der Waals surface area contributed by atoms with E-state index < -0.39 is 0 Å². The zero-order chi connectivity index (χ0) is 22.4. The van der Waals surface area contributed by atoms with Gasteiger partial charge in [0.25, 0.3) is 0 Å². The Morgan fingerprint density at radius 3 is 1.10 bits per heavy atom. The van der Waals surface area contributed by atoms with Crippen LogP contribution in [0.4, 0.5) is 11.4 Å². The van der Waals surface area contributed by atoms with Crippen LogP contribution in [0, 0.1) is 0 Å². The van der Waals surface area contributed by atoms with Crippen LogP contribution >= 0.6 is 15.8 Å². The van der Waals surface area contributed by atoms with Gasteiger partial charge in [-0.15, -0.1) is 0 Å². The second-order valence-electron chi connectivity index (χ2n) is 12.4. The summed E-state index contributed by atoms with van der Waals surface area (Å²) in [6.07, 6.45) is 2.25. The summed E-state index contributed by atoms with van der Waals surface area (Å²) in [5.74, 6) is 0. The van der Waals surface area contributed by atoms with Gasteiger partial charge in [-0.05, 0) is 32.8 Å². The van der Waals surface area contributed by atoms with Crippen LogP contribution < -0.4 is 9.62 Å². The molecular weight excluding hydrogens is 448 g/mol. The Bertz CT molecular complexity index is 612. The van der Waals surface area contributed by atoms with Crippen LogP contribution in [0.25, 0.3) is 0 Å². The molecule has 0 bridgehead atoms. The molecule has 1 aliphatic rings. The van der Waals surface area contributed by atoms with E-state index in [2.05, 4.69) is 125 Å². The summed E-state index contributed by atoms with van der Waals surface area (Å²) < 4.78 is 0. The standard InChI is InChI=1S/C24H44BN2P2.Ni.H/c1-21(2,3)28(22(4,5)6)17-26-19-15-13-14-16-20(19)27(25-26)18-29(23(7,8)9)24(10,11)12;;/h13-16H,17-18H2,1-12H3;;. The number of hydrogen-bond donors (Lipinski definition) is 0. The van der Waals surface area contributed by atoms with Crippen molar-refractivity contribution in [1.29, 1.82) is 0 Å². The predicted molar refractivity (Wildman–Crippen MR) is 141 cm³/mol. The predicted octanol–water partition coefficient (Wildman–Crippen LogP) is 7.65. The van der Waals surface area contributed by atoms with Gasteiger partial charge in [0.05, 0.1) is 0 Å². The van der Waals surface area contributed by atoms with E-state index in [0.29, 0.717) is 20.6 Å². The fourth-order valence-electron chi connectivity index (χ4n) is 4.63. The molecule has 1 aliphatic heterocycles. The second-order valence-corrected chi connectivity index (χ2v) is 20.0. The fraction of sp³-hybridized carbons (Fsp3) is 0.750. The average Bonchev–Trinajstić information content (AvgIpc) is 2.84. The zero-order valence-corrected chi connectivity index (χ0v) is 24.3. The van der Waals surface area contributed by atoms with E-state index in [1.165, 1.54) is 11.4 Å². The molecule has 1 aromatic carbocycles. The van der Waals surface area contributed by atoms with Crippen LogP contribution in [0.2, 0.25) is 0 Å². The summed E-state index contributed by atoms with van der Waals surface area (Å²) in [7, 11) is 2.04. The molecule has 2 nitrogen and oxygen atoms in total. The van der Waals surface area contributed by atoms with Gasteiger partial charge in [0.15, 0.2) is 0 Å². The quantitative estimate of drug-likeness (QED) is 0.314. The van der Waals surface area contributed by atoms with Crippen molar-refractivity contribution in [1.82, 2.24) is 0 Å². The Balaban J connectivity index is 0.00000450. The molecule has 6 heteroatoms. The first-order chi connectivity index (χ1) is 12.9.